The SMILES string of the molecule is CC12C(c3ccccc3)=C(c3ccccc3)C(C)(C1O)C1(Sc3ccccc3)COCN(c3ccccc3)C(=O)C21. The number of hydrogen-bond donors (Lipinski definition) is 1. The van der Waals surface area contributed by atoms with Crippen LogP contribution in [0, 0.1) is 16.7 Å². The van der Waals surface area contributed by atoms with Gasteiger partial charge in [0, 0.05) is 21.4 Å². The highest BCUT2D eigenvalue weighted by Gasteiger charge is 2.80. The maximum Gasteiger partial charge on any atom is 0.234 e. The van der Waals surface area contributed by atoms with E-state index in [1.807, 2.05) is 72.8 Å². The molecule has 2 aliphatic carbocycles. The van der Waals surface area contributed by atoms with Gasteiger partial charge in [-0.2, -0.15) is 0 Å². The van der Waals surface area contributed by atoms with Crippen molar-refractivity contribution in [3.63, 3.8) is 0 Å². The van der Waals surface area contributed by atoms with E-state index < -0.39 is 27.6 Å². The molecule has 4 aromatic carbocycles. The van der Waals surface area contributed by atoms with E-state index in [0.29, 0.717) is 6.61 Å². The third-order valence-corrected chi connectivity index (χ3v) is 11.3. The van der Waals surface area contributed by atoms with E-state index in [1.165, 1.54) is 0 Å². The summed E-state index contributed by atoms with van der Waals surface area (Å²) in [5.41, 5.74) is 3.39. The zero-order valence-corrected chi connectivity index (χ0v) is 24.1. The number of para-hydroxylation sites is 1. The fourth-order valence-electron chi connectivity index (χ4n) is 7.94. The summed E-state index contributed by atoms with van der Waals surface area (Å²) < 4.78 is 5.74. The van der Waals surface area contributed by atoms with E-state index >= 15 is 4.79 Å². The average molecular weight is 560 g/mol. The van der Waals surface area contributed by atoms with Crippen LogP contribution >= 0.6 is 11.8 Å². The minimum atomic E-state index is -0.874. The number of ether oxygens (including phenoxy) is 1. The van der Waals surface area contributed by atoms with E-state index in [0.717, 1.165) is 32.9 Å². The van der Waals surface area contributed by atoms with E-state index in [4.69, 9.17) is 4.74 Å². The normalized spacial score (nSPS) is 30.8. The first kappa shape index (κ1) is 26.3. The largest absolute Gasteiger partial charge is 0.391 e. The van der Waals surface area contributed by atoms with E-state index in [2.05, 4.69) is 62.4 Å². The molecule has 5 heteroatoms. The number of benzene rings is 4. The Hall–Kier alpha value is -3.64. The Labute approximate surface area is 245 Å². The van der Waals surface area contributed by atoms with E-state index in [1.54, 1.807) is 16.7 Å². The van der Waals surface area contributed by atoms with Gasteiger partial charge in [-0.1, -0.05) is 111 Å². The molecule has 2 bridgehead atoms. The number of hydrogen-bond acceptors (Lipinski definition) is 4. The van der Waals surface area contributed by atoms with Gasteiger partial charge in [0.15, 0.2) is 0 Å². The van der Waals surface area contributed by atoms with Crippen LogP contribution in [0.15, 0.2) is 126 Å². The van der Waals surface area contributed by atoms with E-state index in [9.17, 15) is 5.11 Å². The van der Waals surface area contributed by atoms with Crippen LogP contribution in [0.5, 0.6) is 0 Å². The Morgan fingerprint density at radius 3 is 1.85 bits per heavy atom. The van der Waals surface area contributed by atoms with Crippen LogP contribution < -0.4 is 4.90 Å². The molecule has 41 heavy (non-hydrogen) atoms. The lowest BCUT2D eigenvalue weighted by molar-refractivity contribution is -0.125. The van der Waals surface area contributed by atoms with Gasteiger partial charge >= 0.3 is 0 Å². The molecule has 206 valence electrons. The number of carbonyl (C=O) groups is 1. The number of anilines is 1. The first-order valence-electron chi connectivity index (χ1n) is 14.2. The number of rotatable bonds is 5. The Bertz CT molecular complexity index is 1610. The summed E-state index contributed by atoms with van der Waals surface area (Å²) in [5.74, 6) is -0.562. The Kier molecular flexibility index (Phi) is 6.23. The summed E-state index contributed by atoms with van der Waals surface area (Å²) >= 11 is 1.69. The lowest BCUT2D eigenvalue weighted by atomic mass is 9.61. The third kappa shape index (κ3) is 3.59. The van der Waals surface area contributed by atoms with Gasteiger partial charge in [0.05, 0.1) is 23.4 Å². The molecule has 5 atom stereocenters. The maximum absolute atomic E-state index is 15.0. The van der Waals surface area contributed by atoms with Crippen molar-refractivity contribution in [1.29, 1.82) is 0 Å². The molecular formula is C36H33NO3S. The zero-order chi connectivity index (χ0) is 28.2. The van der Waals surface area contributed by atoms with Gasteiger partial charge in [-0.3, -0.25) is 9.69 Å². The minimum absolute atomic E-state index is 0.0112. The number of aliphatic hydroxyl groups excluding tert-OH is 1. The molecule has 1 saturated heterocycles. The summed E-state index contributed by atoms with van der Waals surface area (Å²) in [6, 6.07) is 40.7. The van der Waals surface area contributed by atoms with Gasteiger partial charge < -0.3 is 9.84 Å². The van der Waals surface area contributed by atoms with Crippen LogP contribution in [0.2, 0.25) is 0 Å². The fourth-order valence-corrected chi connectivity index (χ4v) is 9.69. The van der Waals surface area contributed by atoms with Crippen molar-refractivity contribution >= 4 is 34.5 Å². The first-order chi connectivity index (χ1) is 19.9. The zero-order valence-electron chi connectivity index (χ0n) is 23.2. The summed E-state index contributed by atoms with van der Waals surface area (Å²) in [7, 11) is 0. The number of fused-ring (bicyclic) bond motifs is 5. The molecular weight excluding hydrogens is 526 g/mol. The summed E-state index contributed by atoms with van der Waals surface area (Å²) in [4.78, 5) is 17.8. The predicted molar refractivity (Wildman–Crippen MR) is 165 cm³/mol. The van der Waals surface area contributed by atoms with Gasteiger partial charge in [-0.05, 0) is 46.5 Å². The minimum Gasteiger partial charge on any atom is -0.391 e. The summed E-state index contributed by atoms with van der Waals surface area (Å²) in [5, 5.41) is 12.7. The Morgan fingerprint density at radius 1 is 0.756 bits per heavy atom. The van der Waals surface area contributed by atoms with Crippen molar-refractivity contribution in [2.45, 2.75) is 29.6 Å². The van der Waals surface area contributed by atoms with Gasteiger partial charge in [0.2, 0.25) is 5.91 Å². The number of amides is 1. The second kappa shape index (κ2) is 9.73. The van der Waals surface area contributed by atoms with Crippen molar-refractivity contribution in [1.82, 2.24) is 0 Å². The van der Waals surface area contributed by atoms with Crippen molar-refractivity contribution in [3.05, 3.63) is 132 Å². The van der Waals surface area contributed by atoms with Crippen molar-refractivity contribution in [2.24, 2.45) is 16.7 Å². The number of thioether (sulfide) groups is 1. The smallest absolute Gasteiger partial charge is 0.234 e. The molecule has 0 aromatic heterocycles. The van der Waals surface area contributed by atoms with Gasteiger partial charge in [-0.15, -0.1) is 11.8 Å². The van der Waals surface area contributed by atoms with Crippen molar-refractivity contribution < 1.29 is 14.6 Å². The first-order valence-corrected chi connectivity index (χ1v) is 15.0. The molecule has 4 nitrogen and oxygen atoms in total. The molecule has 3 aliphatic rings. The second-order valence-electron chi connectivity index (χ2n) is 11.7. The molecule has 5 unspecified atom stereocenters. The second-order valence-corrected chi connectivity index (χ2v) is 13.1. The number of nitrogens with zero attached hydrogens (tertiary/aromatic N) is 1. The molecule has 7 rings (SSSR count). The molecule has 0 radical (unpaired) electrons. The lowest BCUT2D eigenvalue weighted by Crippen LogP contribution is -2.55. The highest BCUT2D eigenvalue weighted by Crippen LogP contribution is 2.79. The molecule has 0 spiro atoms. The molecule has 4 aromatic rings. The lowest BCUT2D eigenvalue weighted by Gasteiger charge is -2.50. The van der Waals surface area contributed by atoms with Crippen molar-refractivity contribution in [3.8, 4) is 0 Å². The molecule has 1 amide bonds. The Morgan fingerprint density at radius 2 is 1.27 bits per heavy atom. The molecule has 2 fully saturated rings. The number of aliphatic hydroxyl groups is 1. The van der Waals surface area contributed by atoms with Gasteiger partial charge in [0.1, 0.15) is 6.73 Å². The van der Waals surface area contributed by atoms with Crippen LogP contribution in [0.3, 0.4) is 0 Å². The van der Waals surface area contributed by atoms with Crippen LogP contribution in [0.1, 0.15) is 25.0 Å². The van der Waals surface area contributed by atoms with E-state index in [-0.39, 0.29) is 12.6 Å². The summed E-state index contributed by atoms with van der Waals surface area (Å²) in [6.07, 6.45) is -0.815. The maximum atomic E-state index is 15.0. The highest BCUT2D eigenvalue weighted by atomic mass is 32.2. The van der Waals surface area contributed by atoms with Gasteiger partial charge in [-0.25, -0.2) is 0 Å². The molecule has 1 aliphatic heterocycles. The number of carbonyl (C=O) groups excluding carboxylic acids is 1. The van der Waals surface area contributed by atoms with Gasteiger partial charge in [0.25, 0.3) is 0 Å². The fraction of sp³-hybridized carbons (Fsp3) is 0.250. The van der Waals surface area contributed by atoms with Crippen molar-refractivity contribution in [2.75, 3.05) is 18.2 Å². The quantitative estimate of drug-likeness (QED) is 0.282. The highest BCUT2D eigenvalue weighted by molar-refractivity contribution is 8.00. The summed E-state index contributed by atoms with van der Waals surface area (Å²) in [6.45, 7) is 4.77. The Balaban J connectivity index is 1.54. The van der Waals surface area contributed by atoms with Crippen LogP contribution in [-0.2, 0) is 9.53 Å². The average Bonchev–Trinajstić information content (AvgIpc) is 3.18. The molecule has 1 heterocycles. The van der Waals surface area contributed by atoms with Crippen LogP contribution in [0.25, 0.3) is 11.1 Å². The molecule has 1 N–H and O–H groups in total. The monoisotopic (exact) mass is 559 g/mol. The predicted octanol–water partition coefficient (Wildman–Crippen LogP) is 7.17. The van der Waals surface area contributed by atoms with Crippen LogP contribution in [-0.4, -0.2) is 35.2 Å². The standard InChI is InChI=1S/C36H33NO3S/c1-34-29(25-15-7-3-8-16-25)30(26-17-9-4-10-18-26)35(2,33(34)39)36(41-28-21-13-6-14-22-28)23-40-24-37(32(38)31(34)36)27-19-11-5-12-20-27/h3-22,31,33,39H,23-24H2,1-2H3. The molecule has 1 saturated carbocycles. The topological polar surface area (TPSA) is 49.8 Å². The third-order valence-electron chi connectivity index (χ3n) is 9.65. The van der Waals surface area contributed by atoms with Crippen LogP contribution in [0.4, 0.5) is 5.69 Å².